The lowest BCUT2D eigenvalue weighted by Gasteiger charge is -2.02. The number of aromatic nitrogens is 3. The van der Waals surface area contributed by atoms with Gasteiger partial charge in [-0.15, -0.1) is 0 Å². The van der Waals surface area contributed by atoms with E-state index in [0.717, 1.165) is 22.3 Å². The predicted octanol–water partition coefficient (Wildman–Crippen LogP) is 3.90. The Hall–Kier alpha value is -4.06. The zero-order chi connectivity index (χ0) is 19.2. The molecule has 0 bridgehead atoms. The Labute approximate surface area is 162 Å². The molecule has 4 rings (SSSR count). The summed E-state index contributed by atoms with van der Waals surface area (Å²) in [6, 6.07) is 23.5. The van der Waals surface area contributed by atoms with E-state index in [1.165, 1.54) is 0 Å². The normalized spacial score (nSPS) is 10.9. The highest BCUT2D eigenvalue weighted by atomic mass is 16.2. The zero-order valence-corrected chi connectivity index (χ0v) is 14.9. The number of carbonyl (C=O) groups is 1. The van der Waals surface area contributed by atoms with Gasteiger partial charge in [-0.25, -0.2) is 5.43 Å². The number of nitrogens with zero attached hydrogens (tertiary/aromatic N) is 3. The van der Waals surface area contributed by atoms with E-state index < -0.39 is 0 Å². The highest BCUT2D eigenvalue weighted by molar-refractivity contribution is 5.94. The summed E-state index contributed by atoms with van der Waals surface area (Å²) in [6.45, 7) is 0. The Bertz CT molecular complexity index is 1090. The molecule has 0 atom stereocenters. The average Bonchev–Trinajstić information content (AvgIpc) is 3.26. The number of rotatable bonds is 5. The van der Waals surface area contributed by atoms with Gasteiger partial charge >= 0.3 is 0 Å². The lowest BCUT2D eigenvalue weighted by atomic mass is 10.0. The number of hydrogen-bond donors (Lipinski definition) is 2. The van der Waals surface area contributed by atoms with Gasteiger partial charge in [-0.3, -0.25) is 14.9 Å². The fourth-order valence-corrected chi connectivity index (χ4v) is 2.73. The maximum absolute atomic E-state index is 12.2. The number of H-pyrrole nitrogens is 1. The van der Waals surface area contributed by atoms with Gasteiger partial charge in [-0.2, -0.15) is 10.2 Å². The van der Waals surface area contributed by atoms with Crippen molar-refractivity contribution in [3.05, 3.63) is 96.4 Å². The van der Waals surface area contributed by atoms with E-state index in [4.69, 9.17) is 0 Å². The van der Waals surface area contributed by atoms with Crippen LogP contribution >= 0.6 is 0 Å². The minimum absolute atomic E-state index is 0.342. The van der Waals surface area contributed by atoms with Gasteiger partial charge in [0, 0.05) is 18.0 Å². The molecule has 2 heterocycles. The van der Waals surface area contributed by atoms with Crippen LogP contribution in [0.3, 0.4) is 0 Å². The van der Waals surface area contributed by atoms with E-state index in [0.29, 0.717) is 11.4 Å². The lowest BCUT2D eigenvalue weighted by molar-refractivity contribution is 0.0950. The summed E-state index contributed by atoms with van der Waals surface area (Å²) in [6.07, 6.45) is 4.87. The second-order valence-electron chi connectivity index (χ2n) is 6.09. The number of hydrazone groups is 1. The first kappa shape index (κ1) is 17.4. The van der Waals surface area contributed by atoms with E-state index in [9.17, 15) is 4.79 Å². The van der Waals surface area contributed by atoms with Crippen LogP contribution in [0.5, 0.6) is 0 Å². The van der Waals surface area contributed by atoms with Gasteiger partial charge in [0.2, 0.25) is 0 Å². The van der Waals surface area contributed by atoms with Crippen LogP contribution in [0.1, 0.15) is 16.1 Å². The van der Waals surface area contributed by atoms with Gasteiger partial charge in [-0.1, -0.05) is 54.6 Å². The van der Waals surface area contributed by atoms with Crippen LogP contribution in [0.25, 0.3) is 22.4 Å². The third-order valence-electron chi connectivity index (χ3n) is 4.20. The first-order valence-electron chi connectivity index (χ1n) is 8.74. The summed E-state index contributed by atoms with van der Waals surface area (Å²) in [5, 5.41) is 10.9. The van der Waals surface area contributed by atoms with E-state index in [2.05, 4.69) is 37.8 Å². The quantitative estimate of drug-likeness (QED) is 0.414. The molecule has 0 radical (unpaired) electrons. The molecule has 1 amide bonds. The van der Waals surface area contributed by atoms with Crippen molar-refractivity contribution < 1.29 is 4.79 Å². The van der Waals surface area contributed by atoms with E-state index in [-0.39, 0.29) is 5.91 Å². The van der Waals surface area contributed by atoms with Crippen molar-refractivity contribution in [3.8, 4) is 22.4 Å². The smallest absolute Gasteiger partial charge is 0.272 e. The number of nitrogens with one attached hydrogen (secondary N) is 2. The summed E-state index contributed by atoms with van der Waals surface area (Å²) < 4.78 is 0. The van der Waals surface area contributed by atoms with E-state index >= 15 is 0 Å². The number of aromatic amines is 1. The van der Waals surface area contributed by atoms with Crippen LogP contribution in [0.15, 0.2) is 90.3 Å². The second-order valence-corrected chi connectivity index (χ2v) is 6.09. The van der Waals surface area contributed by atoms with Crippen molar-refractivity contribution in [1.82, 2.24) is 20.6 Å². The first-order chi connectivity index (χ1) is 13.8. The molecule has 4 aromatic rings. The highest BCUT2D eigenvalue weighted by Crippen LogP contribution is 2.24. The number of amides is 1. The Morgan fingerprint density at radius 2 is 1.57 bits per heavy atom. The van der Waals surface area contributed by atoms with Gasteiger partial charge in [0.15, 0.2) is 0 Å². The topological polar surface area (TPSA) is 83.0 Å². The van der Waals surface area contributed by atoms with Crippen LogP contribution in [-0.2, 0) is 0 Å². The fourth-order valence-electron chi connectivity index (χ4n) is 2.73. The van der Waals surface area contributed by atoms with E-state index in [1.807, 2.05) is 42.5 Å². The Morgan fingerprint density at radius 1 is 0.893 bits per heavy atom. The summed E-state index contributed by atoms with van der Waals surface area (Å²) in [4.78, 5) is 16.1. The van der Waals surface area contributed by atoms with Crippen molar-refractivity contribution in [1.29, 1.82) is 0 Å². The lowest BCUT2D eigenvalue weighted by Crippen LogP contribution is -2.17. The number of carbonyl (C=O) groups excluding carboxylic acids is 1. The Balaban J connectivity index is 1.44. The van der Waals surface area contributed by atoms with Gasteiger partial charge in [0.1, 0.15) is 5.69 Å². The molecule has 0 spiro atoms. The molecule has 6 nitrogen and oxygen atoms in total. The third-order valence-corrected chi connectivity index (χ3v) is 4.20. The van der Waals surface area contributed by atoms with E-state index in [1.54, 1.807) is 36.8 Å². The standard InChI is InChI=1S/C22H17N5O/c28-22(27-24-15-16-10-12-23-13-11-16)21-14-20(25-26-21)19-8-6-18(7-9-19)17-4-2-1-3-5-17/h1-15H,(H,25,26)(H,27,28)/b24-15+. The van der Waals surface area contributed by atoms with Gasteiger partial charge in [0.05, 0.1) is 11.9 Å². The molecule has 2 N–H and O–H groups in total. The molecule has 0 saturated carbocycles. The van der Waals surface area contributed by atoms with Crippen molar-refractivity contribution >= 4 is 12.1 Å². The zero-order valence-electron chi connectivity index (χ0n) is 14.9. The highest BCUT2D eigenvalue weighted by Gasteiger charge is 2.10. The Morgan fingerprint density at radius 3 is 2.32 bits per heavy atom. The monoisotopic (exact) mass is 367 g/mol. The largest absolute Gasteiger partial charge is 0.289 e. The van der Waals surface area contributed by atoms with Crippen LogP contribution in [-0.4, -0.2) is 27.3 Å². The van der Waals surface area contributed by atoms with Crippen LogP contribution in [0.4, 0.5) is 0 Å². The minimum atomic E-state index is -0.357. The van der Waals surface area contributed by atoms with Gasteiger partial charge in [-0.05, 0) is 34.9 Å². The van der Waals surface area contributed by atoms with Crippen molar-refractivity contribution in [3.63, 3.8) is 0 Å². The number of benzene rings is 2. The molecule has 0 saturated heterocycles. The Kier molecular flexibility index (Phi) is 5.02. The summed E-state index contributed by atoms with van der Waals surface area (Å²) in [5.74, 6) is -0.357. The molecule has 0 aliphatic heterocycles. The van der Waals surface area contributed by atoms with Gasteiger partial charge < -0.3 is 0 Å². The maximum atomic E-state index is 12.2. The maximum Gasteiger partial charge on any atom is 0.289 e. The molecular formula is C22H17N5O. The predicted molar refractivity (Wildman–Crippen MR) is 109 cm³/mol. The summed E-state index contributed by atoms with van der Waals surface area (Å²) >= 11 is 0. The number of hydrogen-bond acceptors (Lipinski definition) is 4. The van der Waals surface area contributed by atoms with Crippen molar-refractivity contribution in [2.75, 3.05) is 0 Å². The first-order valence-corrected chi connectivity index (χ1v) is 8.74. The van der Waals surface area contributed by atoms with Crippen LogP contribution < -0.4 is 5.43 Å². The molecule has 2 aromatic heterocycles. The molecular weight excluding hydrogens is 350 g/mol. The average molecular weight is 367 g/mol. The van der Waals surface area contributed by atoms with Crippen LogP contribution in [0.2, 0.25) is 0 Å². The second kappa shape index (κ2) is 8.09. The summed E-state index contributed by atoms with van der Waals surface area (Å²) in [5.41, 5.74) is 7.58. The van der Waals surface area contributed by atoms with Gasteiger partial charge in [0.25, 0.3) is 5.91 Å². The minimum Gasteiger partial charge on any atom is -0.272 e. The van der Waals surface area contributed by atoms with Crippen molar-refractivity contribution in [2.45, 2.75) is 0 Å². The molecule has 0 fully saturated rings. The van der Waals surface area contributed by atoms with Crippen LogP contribution in [0, 0.1) is 0 Å². The fraction of sp³-hybridized carbons (Fsp3) is 0. The molecule has 0 unspecified atom stereocenters. The molecule has 2 aromatic carbocycles. The SMILES string of the molecule is O=C(N/N=C/c1ccncc1)c1cc(-c2ccc(-c3ccccc3)cc2)n[nH]1. The molecule has 0 aliphatic carbocycles. The molecule has 0 aliphatic rings. The number of pyridine rings is 1. The molecule has 6 heteroatoms. The third kappa shape index (κ3) is 4.02. The molecule has 28 heavy (non-hydrogen) atoms. The summed E-state index contributed by atoms with van der Waals surface area (Å²) in [7, 11) is 0. The van der Waals surface area contributed by atoms with Crippen molar-refractivity contribution in [2.24, 2.45) is 5.10 Å². The molecule has 136 valence electrons.